The predicted molar refractivity (Wildman–Crippen MR) is 145 cm³/mol. The maximum Gasteiger partial charge on any atom is 0.348 e. The van der Waals surface area contributed by atoms with Gasteiger partial charge in [-0.1, -0.05) is 43.6 Å². The molecule has 1 aliphatic heterocycles. The van der Waals surface area contributed by atoms with Gasteiger partial charge in [0.1, 0.15) is 22.9 Å². The van der Waals surface area contributed by atoms with Crippen molar-refractivity contribution in [2.24, 2.45) is 0 Å². The number of hydrogen-bond acceptors (Lipinski definition) is 6. The van der Waals surface area contributed by atoms with Gasteiger partial charge in [-0.15, -0.1) is 0 Å². The fraction of sp³-hybridized carbons (Fsp3) is 0.355. The first-order valence-electron chi connectivity index (χ1n) is 13.3. The number of rotatable bonds is 11. The molecule has 198 valence electrons. The number of benzene rings is 3. The lowest BCUT2D eigenvalue weighted by molar-refractivity contribution is -0.157. The van der Waals surface area contributed by atoms with Crippen molar-refractivity contribution in [1.82, 2.24) is 5.16 Å². The van der Waals surface area contributed by atoms with Gasteiger partial charge in [0, 0.05) is 29.9 Å². The maximum absolute atomic E-state index is 11.8. The topological polar surface area (TPSA) is 91.0 Å². The molecule has 0 fully saturated rings. The summed E-state index contributed by atoms with van der Waals surface area (Å²) in [5, 5.41) is 14.9. The molecule has 0 bridgehead atoms. The van der Waals surface area contributed by atoms with Gasteiger partial charge in [0.2, 0.25) is 5.60 Å². The summed E-state index contributed by atoms with van der Waals surface area (Å²) < 4.78 is 23.5. The molecule has 1 N–H and O–H groups in total. The van der Waals surface area contributed by atoms with E-state index in [0.717, 1.165) is 51.9 Å². The van der Waals surface area contributed by atoms with Crippen molar-refractivity contribution in [3.05, 3.63) is 71.8 Å². The molecule has 5 rings (SSSR count). The summed E-state index contributed by atoms with van der Waals surface area (Å²) in [6.07, 6.45) is 4.17. The van der Waals surface area contributed by atoms with Gasteiger partial charge in [-0.3, -0.25) is 0 Å². The summed E-state index contributed by atoms with van der Waals surface area (Å²) in [5.74, 6) is 1.21. The Morgan fingerprint density at radius 3 is 2.71 bits per heavy atom. The van der Waals surface area contributed by atoms with Crippen molar-refractivity contribution in [2.75, 3.05) is 13.2 Å². The zero-order valence-electron chi connectivity index (χ0n) is 21.9. The van der Waals surface area contributed by atoms with Crippen molar-refractivity contribution < 1.29 is 28.6 Å². The Balaban J connectivity index is 1.18. The summed E-state index contributed by atoms with van der Waals surface area (Å²) in [6, 6.07) is 19.7. The maximum atomic E-state index is 11.8. The van der Waals surface area contributed by atoms with Crippen molar-refractivity contribution in [3.63, 3.8) is 0 Å². The number of para-hydroxylation sites is 1. The number of carboxylic acids is 1. The normalized spacial score (nSPS) is 16.6. The predicted octanol–water partition coefficient (Wildman–Crippen LogP) is 6.85. The number of aliphatic carboxylic acids is 1. The van der Waals surface area contributed by atoms with Crippen LogP contribution in [-0.2, 0) is 17.6 Å². The van der Waals surface area contributed by atoms with Crippen LogP contribution in [0, 0.1) is 0 Å². The van der Waals surface area contributed by atoms with E-state index in [1.54, 1.807) is 6.07 Å². The van der Waals surface area contributed by atoms with Gasteiger partial charge in [-0.2, -0.15) is 0 Å². The highest BCUT2D eigenvalue weighted by Gasteiger charge is 2.42. The van der Waals surface area contributed by atoms with Crippen LogP contribution in [-0.4, -0.2) is 35.0 Å². The Morgan fingerprint density at radius 1 is 1.05 bits per heavy atom. The molecule has 38 heavy (non-hydrogen) atoms. The Morgan fingerprint density at radius 2 is 1.89 bits per heavy atom. The highest BCUT2D eigenvalue weighted by molar-refractivity contribution is 5.91. The van der Waals surface area contributed by atoms with Gasteiger partial charge in [0.15, 0.2) is 5.58 Å². The van der Waals surface area contributed by atoms with Crippen molar-refractivity contribution in [3.8, 4) is 28.5 Å². The van der Waals surface area contributed by atoms with Gasteiger partial charge >= 0.3 is 5.97 Å². The van der Waals surface area contributed by atoms with Crippen LogP contribution >= 0.6 is 0 Å². The number of ether oxygens (including phenoxy) is 3. The average Bonchev–Trinajstić information content (AvgIpc) is 3.37. The quantitative estimate of drug-likeness (QED) is 0.218. The number of fused-ring (bicyclic) bond motifs is 2. The van der Waals surface area contributed by atoms with Crippen LogP contribution in [0.3, 0.4) is 0 Å². The monoisotopic (exact) mass is 515 g/mol. The van der Waals surface area contributed by atoms with Gasteiger partial charge in [-0.25, -0.2) is 4.79 Å². The van der Waals surface area contributed by atoms with Crippen LogP contribution in [0.1, 0.15) is 50.7 Å². The summed E-state index contributed by atoms with van der Waals surface area (Å²) in [4.78, 5) is 11.8. The first-order valence-corrected chi connectivity index (χ1v) is 13.3. The lowest BCUT2D eigenvalue weighted by Crippen LogP contribution is -2.46. The van der Waals surface area contributed by atoms with E-state index in [2.05, 4.69) is 18.1 Å². The molecule has 1 unspecified atom stereocenters. The molecule has 7 nitrogen and oxygen atoms in total. The van der Waals surface area contributed by atoms with Crippen LogP contribution < -0.4 is 14.2 Å². The third-order valence-corrected chi connectivity index (χ3v) is 7.15. The molecule has 0 saturated heterocycles. The molecular formula is C31H33NO6. The van der Waals surface area contributed by atoms with Crippen LogP contribution in [0.15, 0.2) is 65.2 Å². The van der Waals surface area contributed by atoms with E-state index in [4.69, 9.17) is 18.7 Å². The van der Waals surface area contributed by atoms with E-state index in [1.165, 1.54) is 0 Å². The highest BCUT2D eigenvalue weighted by Crippen LogP contribution is 2.38. The Kier molecular flexibility index (Phi) is 7.54. The minimum Gasteiger partial charge on any atom is -0.493 e. The molecule has 0 amide bonds. The van der Waals surface area contributed by atoms with Crippen molar-refractivity contribution >= 4 is 16.9 Å². The number of carboxylic acid groups (broad SMARTS) is 1. The summed E-state index contributed by atoms with van der Waals surface area (Å²) in [7, 11) is 0. The summed E-state index contributed by atoms with van der Waals surface area (Å²) in [5.41, 5.74) is 3.62. The van der Waals surface area contributed by atoms with Gasteiger partial charge < -0.3 is 23.8 Å². The second-order valence-electron chi connectivity index (χ2n) is 9.67. The molecule has 7 heteroatoms. The summed E-state index contributed by atoms with van der Waals surface area (Å²) >= 11 is 0. The van der Waals surface area contributed by atoms with Gasteiger partial charge in [0.05, 0.1) is 13.2 Å². The number of aromatic nitrogens is 1. The van der Waals surface area contributed by atoms with Gasteiger partial charge in [-0.05, 0) is 66.8 Å². The molecule has 0 spiro atoms. The van der Waals surface area contributed by atoms with Crippen LogP contribution in [0.25, 0.3) is 22.2 Å². The standard InChI is InChI=1S/C31H33NO6/c1-3-8-22-19-23(29-25-9-5-6-10-27(25)38-32-29)12-14-26(22)36-18-7-17-35-24-13-11-21-15-16-31(4-2,30(33)34)37-28(21)20-24/h5-6,9-14,19-20H,3-4,7-8,15-18H2,1-2H3,(H,33,34). The number of aryl methyl sites for hydroxylation is 2. The molecule has 4 aromatic rings. The third kappa shape index (κ3) is 5.19. The van der Waals surface area contributed by atoms with Crippen LogP contribution in [0.5, 0.6) is 17.2 Å². The second kappa shape index (κ2) is 11.2. The molecule has 0 aliphatic carbocycles. The molecule has 1 aromatic heterocycles. The van der Waals surface area contributed by atoms with E-state index in [0.29, 0.717) is 50.4 Å². The zero-order valence-corrected chi connectivity index (χ0v) is 21.9. The minimum atomic E-state index is -1.16. The Labute approximate surface area is 222 Å². The van der Waals surface area contributed by atoms with Crippen molar-refractivity contribution in [1.29, 1.82) is 0 Å². The molecule has 0 saturated carbocycles. The Hall–Kier alpha value is -4.00. The number of carbonyl (C=O) groups is 1. The second-order valence-corrected chi connectivity index (χ2v) is 9.67. The minimum absolute atomic E-state index is 0.417. The average molecular weight is 516 g/mol. The van der Waals surface area contributed by atoms with E-state index in [9.17, 15) is 9.90 Å². The van der Waals surface area contributed by atoms with Crippen molar-refractivity contribution in [2.45, 2.75) is 58.0 Å². The van der Waals surface area contributed by atoms with Crippen LogP contribution in [0.4, 0.5) is 0 Å². The lowest BCUT2D eigenvalue weighted by atomic mass is 9.89. The smallest absolute Gasteiger partial charge is 0.348 e. The molecule has 1 aliphatic rings. The summed E-state index contributed by atoms with van der Waals surface area (Å²) in [6.45, 7) is 4.99. The van der Waals surface area contributed by atoms with E-state index >= 15 is 0 Å². The SMILES string of the molecule is CCCc1cc(-c2noc3ccccc23)ccc1OCCCOc1ccc2c(c1)OC(CC)(C(=O)O)CC2. The largest absolute Gasteiger partial charge is 0.493 e. The first-order chi connectivity index (χ1) is 18.5. The molecular weight excluding hydrogens is 482 g/mol. The first kappa shape index (κ1) is 25.6. The fourth-order valence-corrected chi connectivity index (χ4v) is 4.93. The molecule has 0 radical (unpaired) electrons. The number of hydrogen-bond donors (Lipinski definition) is 1. The van der Waals surface area contributed by atoms with E-state index < -0.39 is 11.6 Å². The highest BCUT2D eigenvalue weighted by atomic mass is 16.5. The Bertz CT molecular complexity index is 1430. The lowest BCUT2D eigenvalue weighted by Gasteiger charge is -2.34. The van der Waals surface area contributed by atoms with Crippen LogP contribution in [0.2, 0.25) is 0 Å². The molecule has 1 atom stereocenters. The number of nitrogens with zero attached hydrogens (tertiary/aromatic N) is 1. The van der Waals surface area contributed by atoms with E-state index in [-0.39, 0.29) is 0 Å². The zero-order chi connectivity index (χ0) is 26.5. The third-order valence-electron chi connectivity index (χ3n) is 7.15. The van der Waals surface area contributed by atoms with Gasteiger partial charge in [0.25, 0.3) is 0 Å². The fourth-order valence-electron chi connectivity index (χ4n) is 4.93. The molecule has 2 heterocycles. The van der Waals surface area contributed by atoms with E-state index in [1.807, 2.05) is 55.5 Å². The molecule has 3 aromatic carbocycles.